The van der Waals surface area contributed by atoms with Crippen LogP contribution in [0.5, 0.6) is 0 Å². The van der Waals surface area contributed by atoms with E-state index in [0.29, 0.717) is 6.42 Å². The Morgan fingerprint density at radius 1 is 1.23 bits per heavy atom. The van der Waals surface area contributed by atoms with Gasteiger partial charge in [-0.3, -0.25) is 4.79 Å². The first-order chi connectivity index (χ1) is 6.31. The molecule has 0 aliphatic rings. The molecule has 0 saturated carbocycles. The minimum Gasteiger partial charge on any atom is -0.469 e. The highest BCUT2D eigenvalue weighted by molar-refractivity contribution is 5.68. The molecule has 0 aliphatic carbocycles. The first-order valence-electron chi connectivity index (χ1n) is 4.83. The van der Waals surface area contributed by atoms with E-state index in [1.54, 1.807) is 0 Å². The molecule has 0 radical (unpaired) electrons. The van der Waals surface area contributed by atoms with Gasteiger partial charge in [0.25, 0.3) is 0 Å². The van der Waals surface area contributed by atoms with Crippen LogP contribution < -0.4 is 0 Å². The van der Waals surface area contributed by atoms with Crippen LogP contribution in [0.25, 0.3) is 0 Å². The number of carbonyl (C=O) groups is 1. The second-order valence-corrected chi connectivity index (χ2v) is 2.89. The van der Waals surface area contributed by atoms with E-state index in [1.165, 1.54) is 7.11 Å². The maximum atomic E-state index is 10.7. The van der Waals surface area contributed by atoms with Gasteiger partial charge in [0.15, 0.2) is 0 Å². The SMILES string of the molecule is CCCC#CCCCCC(=O)OC. The zero-order valence-corrected chi connectivity index (χ0v) is 8.56. The van der Waals surface area contributed by atoms with Crippen LogP contribution in [-0.4, -0.2) is 13.1 Å². The minimum atomic E-state index is -0.124. The maximum absolute atomic E-state index is 10.7. The molecular formula is C11H18O2. The topological polar surface area (TPSA) is 26.3 Å². The molecule has 13 heavy (non-hydrogen) atoms. The summed E-state index contributed by atoms with van der Waals surface area (Å²) in [4.78, 5) is 10.7. The molecule has 0 aromatic heterocycles. The summed E-state index contributed by atoms with van der Waals surface area (Å²) in [5.41, 5.74) is 0. The van der Waals surface area contributed by atoms with E-state index in [9.17, 15) is 4.79 Å². The fourth-order valence-corrected chi connectivity index (χ4v) is 0.887. The van der Waals surface area contributed by atoms with Gasteiger partial charge >= 0.3 is 5.97 Å². The summed E-state index contributed by atoms with van der Waals surface area (Å²) in [6, 6.07) is 0. The van der Waals surface area contributed by atoms with Crippen LogP contribution in [0, 0.1) is 11.8 Å². The van der Waals surface area contributed by atoms with Gasteiger partial charge in [0.2, 0.25) is 0 Å². The second kappa shape index (κ2) is 9.12. The van der Waals surface area contributed by atoms with Gasteiger partial charge in [-0.25, -0.2) is 0 Å². The molecule has 0 aromatic rings. The first kappa shape index (κ1) is 12.0. The molecule has 0 atom stereocenters. The van der Waals surface area contributed by atoms with E-state index in [4.69, 9.17) is 0 Å². The van der Waals surface area contributed by atoms with Crippen LogP contribution in [0.1, 0.15) is 45.4 Å². The lowest BCUT2D eigenvalue weighted by molar-refractivity contribution is -0.140. The van der Waals surface area contributed by atoms with Crippen LogP contribution in [0.15, 0.2) is 0 Å². The molecule has 2 heteroatoms. The summed E-state index contributed by atoms with van der Waals surface area (Å²) in [6.45, 7) is 2.12. The number of hydrogen-bond donors (Lipinski definition) is 0. The van der Waals surface area contributed by atoms with Crippen molar-refractivity contribution in [2.75, 3.05) is 7.11 Å². The number of carbonyl (C=O) groups excluding carboxylic acids is 1. The van der Waals surface area contributed by atoms with Gasteiger partial charge in [-0.15, -0.1) is 11.8 Å². The molecule has 0 spiro atoms. The van der Waals surface area contributed by atoms with Gasteiger partial charge in [0.1, 0.15) is 0 Å². The second-order valence-electron chi connectivity index (χ2n) is 2.89. The van der Waals surface area contributed by atoms with E-state index in [1.807, 2.05) is 0 Å². The van der Waals surface area contributed by atoms with Crippen LogP contribution in [0.4, 0.5) is 0 Å². The molecule has 74 valence electrons. The molecule has 2 nitrogen and oxygen atoms in total. The largest absolute Gasteiger partial charge is 0.469 e. The van der Waals surface area contributed by atoms with Crippen LogP contribution in [0.2, 0.25) is 0 Å². The van der Waals surface area contributed by atoms with Gasteiger partial charge in [-0.05, 0) is 19.3 Å². The fraction of sp³-hybridized carbons (Fsp3) is 0.727. The van der Waals surface area contributed by atoms with E-state index in [2.05, 4.69) is 23.5 Å². The molecule has 0 saturated heterocycles. The average molecular weight is 182 g/mol. The highest BCUT2D eigenvalue weighted by atomic mass is 16.5. The molecule has 0 aromatic carbocycles. The number of unbranched alkanes of at least 4 members (excludes halogenated alkanes) is 3. The fourth-order valence-electron chi connectivity index (χ4n) is 0.887. The Kier molecular flexibility index (Phi) is 8.44. The molecule has 0 N–H and O–H groups in total. The molecular weight excluding hydrogens is 164 g/mol. The highest BCUT2D eigenvalue weighted by Gasteiger charge is 1.97. The van der Waals surface area contributed by atoms with Gasteiger partial charge in [-0.1, -0.05) is 6.92 Å². The van der Waals surface area contributed by atoms with E-state index >= 15 is 0 Å². The van der Waals surface area contributed by atoms with Crippen molar-refractivity contribution in [3.63, 3.8) is 0 Å². The monoisotopic (exact) mass is 182 g/mol. The van der Waals surface area contributed by atoms with Crippen LogP contribution in [0.3, 0.4) is 0 Å². The molecule has 0 bridgehead atoms. The number of methoxy groups -OCH3 is 1. The van der Waals surface area contributed by atoms with Crippen molar-refractivity contribution in [2.45, 2.75) is 45.4 Å². The molecule has 0 aliphatic heterocycles. The smallest absolute Gasteiger partial charge is 0.305 e. The lowest BCUT2D eigenvalue weighted by Crippen LogP contribution is -1.98. The van der Waals surface area contributed by atoms with Crippen molar-refractivity contribution in [3.8, 4) is 11.8 Å². The number of esters is 1. The summed E-state index contributed by atoms with van der Waals surface area (Å²) in [6.07, 6.45) is 5.40. The van der Waals surface area contributed by atoms with Gasteiger partial charge in [0.05, 0.1) is 7.11 Å². The van der Waals surface area contributed by atoms with Crippen molar-refractivity contribution >= 4 is 5.97 Å². The Labute approximate surface area is 80.7 Å². The van der Waals surface area contributed by atoms with E-state index in [-0.39, 0.29) is 5.97 Å². The standard InChI is InChI=1S/C11H18O2/c1-3-4-5-6-7-8-9-10-11(12)13-2/h3-4,7-10H2,1-2H3. The number of ether oxygens (including phenoxy) is 1. The maximum Gasteiger partial charge on any atom is 0.305 e. The van der Waals surface area contributed by atoms with Crippen molar-refractivity contribution < 1.29 is 9.53 Å². The molecule has 0 unspecified atom stereocenters. The van der Waals surface area contributed by atoms with Crippen molar-refractivity contribution in [1.82, 2.24) is 0 Å². The van der Waals surface area contributed by atoms with Gasteiger partial charge < -0.3 is 4.74 Å². The van der Waals surface area contributed by atoms with Crippen molar-refractivity contribution in [1.29, 1.82) is 0 Å². The normalized spacial score (nSPS) is 8.77. The quantitative estimate of drug-likeness (QED) is 0.371. The summed E-state index contributed by atoms with van der Waals surface area (Å²) in [5, 5.41) is 0. The third-order valence-corrected chi connectivity index (χ3v) is 1.66. The predicted octanol–water partition coefficient (Wildman–Crippen LogP) is 2.52. The average Bonchev–Trinajstić information content (AvgIpc) is 2.16. The molecule has 0 amide bonds. The lowest BCUT2D eigenvalue weighted by atomic mass is 10.2. The highest BCUT2D eigenvalue weighted by Crippen LogP contribution is 1.99. The van der Waals surface area contributed by atoms with E-state index in [0.717, 1.165) is 32.1 Å². The predicted molar refractivity (Wildman–Crippen MR) is 53.2 cm³/mol. The van der Waals surface area contributed by atoms with E-state index < -0.39 is 0 Å². The van der Waals surface area contributed by atoms with Crippen molar-refractivity contribution in [2.24, 2.45) is 0 Å². The number of hydrogen-bond acceptors (Lipinski definition) is 2. The number of rotatable bonds is 5. The third kappa shape index (κ3) is 8.94. The third-order valence-electron chi connectivity index (χ3n) is 1.66. The minimum absolute atomic E-state index is 0.124. The Morgan fingerprint density at radius 3 is 2.54 bits per heavy atom. The Hall–Kier alpha value is -0.970. The summed E-state index contributed by atoms with van der Waals surface area (Å²) in [5.74, 6) is 6.02. The zero-order valence-electron chi connectivity index (χ0n) is 8.56. The lowest BCUT2D eigenvalue weighted by Gasteiger charge is -1.95. The zero-order chi connectivity index (χ0) is 9.94. The molecule has 0 heterocycles. The van der Waals surface area contributed by atoms with Crippen molar-refractivity contribution in [3.05, 3.63) is 0 Å². The summed E-state index contributed by atoms with van der Waals surface area (Å²) >= 11 is 0. The molecule has 0 rings (SSSR count). The Morgan fingerprint density at radius 2 is 1.92 bits per heavy atom. The van der Waals surface area contributed by atoms with Gasteiger partial charge in [-0.2, -0.15) is 0 Å². The Bertz CT molecular complexity index is 186. The summed E-state index contributed by atoms with van der Waals surface area (Å²) in [7, 11) is 1.42. The van der Waals surface area contributed by atoms with Crippen LogP contribution >= 0.6 is 0 Å². The summed E-state index contributed by atoms with van der Waals surface area (Å²) < 4.78 is 4.52. The first-order valence-corrected chi connectivity index (χ1v) is 4.83. The Balaban J connectivity index is 3.18. The van der Waals surface area contributed by atoms with Crippen LogP contribution in [-0.2, 0) is 9.53 Å². The van der Waals surface area contributed by atoms with Gasteiger partial charge in [0, 0.05) is 19.3 Å². The molecule has 0 fully saturated rings.